The highest BCUT2D eigenvalue weighted by atomic mass is 16.2. The number of aryl methyl sites for hydroxylation is 2. The zero-order chi connectivity index (χ0) is 30.0. The normalized spacial score (nSPS) is 25.0. The molecule has 1 N–H and O–H groups in total. The van der Waals surface area contributed by atoms with Gasteiger partial charge in [0, 0.05) is 43.3 Å². The lowest BCUT2D eigenvalue weighted by Crippen LogP contribution is -2.56. The van der Waals surface area contributed by atoms with E-state index in [9.17, 15) is 14.4 Å². The van der Waals surface area contributed by atoms with Crippen LogP contribution in [0.4, 0.5) is 5.69 Å². The first-order valence-corrected chi connectivity index (χ1v) is 16.1. The molecule has 2 aromatic carbocycles. The minimum Gasteiger partial charge on any atom is -0.342 e. The van der Waals surface area contributed by atoms with Gasteiger partial charge in [0.05, 0.1) is 5.92 Å². The number of hydrogen-bond donors (Lipinski definition) is 1. The van der Waals surface area contributed by atoms with Crippen molar-refractivity contribution in [3.8, 4) is 0 Å². The van der Waals surface area contributed by atoms with Crippen molar-refractivity contribution in [2.75, 3.05) is 25.0 Å². The molecule has 0 aromatic heterocycles. The number of nitrogens with one attached hydrogen (secondary N) is 1. The molecular weight excluding hydrogens is 522 g/mol. The van der Waals surface area contributed by atoms with Crippen LogP contribution in [-0.2, 0) is 15.0 Å². The third kappa shape index (κ3) is 6.58. The fourth-order valence-corrected chi connectivity index (χ4v) is 7.64. The first-order chi connectivity index (χ1) is 20.0. The Hall–Kier alpha value is -3.15. The second-order valence-electron chi connectivity index (χ2n) is 14.0. The van der Waals surface area contributed by atoms with Crippen molar-refractivity contribution >= 4 is 23.4 Å². The Morgan fingerprint density at radius 1 is 0.905 bits per heavy atom. The molecule has 0 bridgehead atoms. The van der Waals surface area contributed by atoms with Gasteiger partial charge in [0.2, 0.25) is 11.8 Å². The summed E-state index contributed by atoms with van der Waals surface area (Å²) in [6.07, 6.45) is 7.31. The van der Waals surface area contributed by atoms with Crippen LogP contribution in [0.1, 0.15) is 99.2 Å². The smallest absolute Gasteiger partial charge is 0.254 e. The molecule has 2 aliphatic heterocycles. The number of hydrogen-bond acceptors (Lipinski definition) is 3. The van der Waals surface area contributed by atoms with E-state index < -0.39 is 0 Å². The van der Waals surface area contributed by atoms with Crippen LogP contribution in [-0.4, -0.2) is 53.2 Å². The Morgan fingerprint density at radius 2 is 1.60 bits per heavy atom. The van der Waals surface area contributed by atoms with E-state index in [0.29, 0.717) is 24.8 Å². The average molecular weight is 572 g/mol. The van der Waals surface area contributed by atoms with Gasteiger partial charge in [-0.05, 0) is 105 Å². The Balaban J connectivity index is 1.39. The van der Waals surface area contributed by atoms with Gasteiger partial charge in [-0.1, -0.05) is 51.1 Å². The number of nitrogens with zero attached hydrogens (tertiary/aromatic N) is 2. The summed E-state index contributed by atoms with van der Waals surface area (Å²) in [7, 11) is 0. The number of piperidine rings is 1. The lowest BCUT2D eigenvalue weighted by atomic mass is 9.71. The Kier molecular flexibility index (Phi) is 9.10. The molecule has 2 unspecified atom stereocenters. The molecule has 3 fully saturated rings. The summed E-state index contributed by atoms with van der Waals surface area (Å²) >= 11 is 0. The van der Waals surface area contributed by atoms with E-state index in [1.54, 1.807) is 0 Å². The van der Waals surface area contributed by atoms with Gasteiger partial charge in [0.1, 0.15) is 0 Å². The van der Waals surface area contributed by atoms with Crippen LogP contribution in [0.5, 0.6) is 0 Å². The number of carbonyl (C=O) groups excluding carboxylic acids is 3. The van der Waals surface area contributed by atoms with Gasteiger partial charge in [0.15, 0.2) is 0 Å². The monoisotopic (exact) mass is 571 g/mol. The predicted octanol–water partition coefficient (Wildman–Crippen LogP) is 6.89. The molecule has 2 atom stereocenters. The quantitative estimate of drug-likeness (QED) is 0.411. The van der Waals surface area contributed by atoms with Crippen molar-refractivity contribution in [3.05, 3.63) is 64.7 Å². The lowest BCUT2D eigenvalue weighted by Gasteiger charge is -2.47. The van der Waals surface area contributed by atoms with Gasteiger partial charge in [-0.2, -0.15) is 0 Å². The van der Waals surface area contributed by atoms with E-state index in [1.807, 2.05) is 49.1 Å². The first kappa shape index (κ1) is 30.3. The number of benzene rings is 2. The van der Waals surface area contributed by atoms with Gasteiger partial charge in [-0.25, -0.2) is 0 Å². The minimum atomic E-state index is -0.257. The maximum absolute atomic E-state index is 14.3. The molecule has 5 rings (SSSR count). The summed E-state index contributed by atoms with van der Waals surface area (Å²) in [4.78, 5) is 44.7. The van der Waals surface area contributed by atoms with E-state index in [0.717, 1.165) is 80.4 Å². The first-order valence-electron chi connectivity index (χ1n) is 16.1. The van der Waals surface area contributed by atoms with Crippen molar-refractivity contribution in [2.45, 2.75) is 97.4 Å². The fraction of sp³-hybridized carbons (Fsp3) is 0.583. The third-order valence-electron chi connectivity index (χ3n) is 10.00. The number of amides is 3. The van der Waals surface area contributed by atoms with Crippen molar-refractivity contribution in [1.29, 1.82) is 0 Å². The Labute approximate surface area is 252 Å². The van der Waals surface area contributed by atoms with Crippen molar-refractivity contribution < 1.29 is 14.4 Å². The number of rotatable bonds is 6. The Morgan fingerprint density at radius 3 is 2.24 bits per heavy atom. The van der Waals surface area contributed by atoms with E-state index in [2.05, 4.69) is 43.1 Å². The molecule has 0 radical (unpaired) electrons. The lowest BCUT2D eigenvalue weighted by molar-refractivity contribution is -0.129. The highest BCUT2D eigenvalue weighted by molar-refractivity contribution is 5.99. The van der Waals surface area contributed by atoms with E-state index >= 15 is 0 Å². The largest absolute Gasteiger partial charge is 0.342 e. The molecule has 3 aliphatic rings. The molecule has 42 heavy (non-hydrogen) atoms. The summed E-state index contributed by atoms with van der Waals surface area (Å²) in [6.45, 7) is 13.0. The molecule has 6 nitrogen and oxygen atoms in total. The summed E-state index contributed by atoms with van der Waals surface area (Å²) in [5, 5.41) is 3.26. The molecule has 2 saturated heterocycles. The molecule has 6 heteroatoms. The van der Waals surface area contributed by atoms with Crippen LogP contribution in [0, 0.1) is 31.6 Å². The van der Waals surface area contributed by atoms with Gasteiger partial charge >= 0.3 is 0 Å². The standard InChI is InChI=1S/C36H49N3O3/c1-24-10-6-11-25(2)32(24)35(42)39-21-8-14-30(34(41)37-29-13-7-12-28(22-29)36(3,4)5)33(39)27-18-16-26(17-19-27)23-38-20-9-15-31(38)40/h6-7,10-13,22,26-27,30,33H,8-9,14-21,23H2,1-5H3,(H,37,41). The highest BCUT2D eigenvalue weighted by Crippen LogP contribution is 2.40. The zero-order valence-electron chi connectivity index (χ0n) is 26.2. The maximum Gasteiger partial charge on any atom is 0.254 e. The number of likely N-dealkylation sites (tertiary alicyclic amines) is 2. The van der Waals surface area contributed by atoms with Crippen molar-refractivity contribution in [3.63, 3.8) is 0 Å². The molecule has 2 heterocycles. The number of anilines is 1. The molecule has 0 spiro atoms. The van der Waals surface area contributed by atoms with Crippen LogP contribution < -0.4 is 5.32 Å². The minimum absolute atomic E-state index is 0.0128. The molecule has 226 valence electrons. The Bertz CT molecular complexity index is 1280. The summed E-state index contributed by atoms with van der Waals surface area (Å²) < 4.78 is 0. The van der Waals surface area contributed by atoms with E-state index in [1.165, 1.54) is 5.56 Å². The second kappa shape index (κ2) is 12.6. The van der Waals surface area contributed by atoms with Crippen molar-refractivity contribution in [2.24, 2.45) is 17.8 Å². The van der Waals surface area contributed by atoms with Gasteiger partial charge < -0.3 is 15.1 Å². The molecule has 2 aromatic rings. The third-order valence-corrected chi connectivity index (χ3v) is 10.00. The fourth-order valence-electron chi connectivity index (χ4n) is 7.64. The second-order valence-corrected chi connectivity index (χ2v) is 14.0. The predicted molar refractivity (Wildman–Crippen MR) is 168 cm³/mol. The van der Waals surface area contributed by atoms with Crippen LogP contribution >= 0.6 is 0 Å². The highest BCUT2D eigenvalue weighted by Gasteiger charge is 2.44. The van der Waals surface area contributed by atoms with Crippen LogP contribution in [0.15, 0.2) is 42.5 Å². The van der Waals surface area contributed by atoms with Crippen LogP contribution in [0.2, 0.25) is 0 Å². The molecular formula is C36H49N3O3. The molecule has 1 aliphatic carbocycles. The summed E-state index contributed by atoms with van der Waals surface area (Å²) in [5.74, 6) is 0.888. The molecule has 3 amide bonds. The van der Waals surface area contributed by atoms with Gasteiger partial charge in [-0.3, -0.25) is 14.4 Å². The molecule has 1 saturated carbocycles. The maximum atomic E-state index is 14.3. The summed E-state index contributed by atoms with van der Waals surface area (Å²) in [5.41, 5.74) is 4.75. The average Bonchev–Trinajstić information content (AvgIpc) is 3.36. The van der Waals surface area contributed by atoms with E-state index in [-0.39, 0.29) is 35.1 Å². The van der Waals surface area contributed by atoms with Crippen LogP contribution in [0.25, 0.3) is 0 Å². The van der Waals surface area contributed by atoms with E-state index in [4.69, 9.17) is 0 Å². The summed E-state index contributed by atoms with van der Waals surface area (Å²) in [6, 6.07) is 14.1. The van der Waals surface area contributed by atoms with Crippen LogP contribution in [0.3, 0.4) is 0 Å². The van der Waals surface area contributed by atoms with Gasteiger partial charge in [-0.15, -0.1) is 0 Å². The van der Waals surface area contributed by atoms with Gasteiger partial charge in [0.25, 0.3) is 5.91 Å². The zero-order valence-corrected chi connectivity index (χ0v) is 26.2. The number of carbonyl (C=O) groups is 3. The topological polar surface area (TPSA) is 69.7 Å². The van der Waals surface area contributed by atoms with Crippen molar-refractivity contribution in [1.82, 2.24) is 9.80 Å². The SMILES string of the molecule is Cc1cccc(C)c1C(=O)N1CCCC(C(=O)Nc2cccc(C(C)(C)C)c2)C1C1CCC(CN2CCCC2=O)CC1.